The van der Waals surface area contributed by atoms with E-state index in [0.717, 1.165) is 12.8 Å². The topological polar surface area (TPSA) is 74.4 Å². The van der Waals surface area contributed by atoms with Crippen LogP contribution < -0.4 is 0 Å². The monoisotopic (exact) mass is 408 g/mol. The number of esters is 2. The fourth-order valence-electron chi connectivity index (χ4n) is 7.33. The van der Waals surface area contributed by atoms with E-state index in [9.17, 15) is 9.59 Å². The van der Waals surface area contributed by atoms with Crippen LogP contribution in [0.3, 0.4) is 0 Å². The molecule has 6 heteroatoms. The van der Waals surface area contributed by atoms with E-state index in [1.165, 1.54) is 39.5 Å². The highest BCUT2D eigenvalue weighted by atomic mass is 16.8. The van der Waals surface area contributed by atoms with Crippen LogP contribution in [0.15, 0.2) is 0 Å². The number of hydrogen-bond donors (Lipinski definition) is 0. The van der Waals surface area contributed by atoms with Crippen molar-refractivity contribution < 1.29 is 28.5 Å². The van der Waals surface area contributed by atoms with Crippen molar-refractivity contribution in [3.8, 4) is 0 Å². The predicted octanol–water partition coefficient (Wildman–Crippen LogP) is 4.20. The van der Waals surface area contributed by atoms with Gasteiger partial charge in [0.1, 0.15) is 5.60 Å². The zero-order valence-corrected chi connectivity index (χ0v) is 18.7. The second-order valence-electron chi connectivity index (χ2n) is 10.9. The fourth-order valence-corrected chi connectivity index (χ4v) is 7.33. The molecule has 0 radical (unpaired) electrons. The van der Waals surface area contributed by atoms with Crippen molar-refractivity contribution in [3.63, 3.8) is 0 Å². The van der Waals surface area contributed by atoms with E-state index in [1.807, 2.05) is 0 Å². The summed E-state index contributed by atoms with van der Waals surface area (Å²) in [7, 11) is 0. The number of carbonyl (C=O) groups is 2. The van der Waals surface area contributed by atoms with Crippen molar-refractivity contribution in [2.75, 3.05) is 0 Å². The third-order valence-electron chi connectivity index (χ3n) is 8.07. The molecular formula is C23H36O6. The first kappa shape index (κ1) is 21.1. The van der Waals surface area contributed by atoms with Gasteiger partial charge in [0, 0.05) is 19.8 Å². The Morgan fingerprint density at radius 1 is 0.966 bits per heavy atom. The summed E-state index contributed by atoms with van der Waals surface area (Å²) in [6, 6.07) is 0. The molecule has 0 aromatic rings. The molecule has 1 spiro atoms. The molecule has 29 heavy (non-hydrogen) atoms. The number of ether oxygens (including phenoxy) is 4. The predicted molar refractivity (Wildman–Crippen MR) is 106 cm³/mol. The molecule has 2 aliphatic heterocycles. The van der Waals surface area contributed by atoms with E-state index in [1.54, 1.807) is 0 Å². The van der Waals surface area contributed by atoms with E-state index in [0.29, 0.717) is 11.3 Å². The minimum absolute atomic E-state index is 0.00958. The van der Waals surface area contributed by atoms with Gasteiger partial charge in [-0.15, -0.1) is 0 Å². The molecular weight excluding hydrogens is 372 g/mol. The molecule has 0 aromatic carbocycles. The number of hydrogen-bond acceptors (Lipinski definition) is 6. The number of epoxide rings is 1. The molecule has 0 N–H and O–H groups in total. The highest BCUT2D eigenvalue weighted by Gasteiger charge is 2.75. The lowest BCUT2D eigenvalue weighted by atomic mass is 9.51. The van der Waals surface area contributed by atoms with E-state index in [-0.39, 0.29) is 40.9 Å². The Balaban J connectivity index is 1.67. The van der Waals surface area contributed by atoms with Gasteiger partial charge in [0.25, 0.3) is 0 Å². The van der Waals surface area contributed by atoms with Gasteiger partial charge < -0.3 is 18.9 Å². The smallest absolute Gasteiger partial charge is 0.304 e. The summed E-state index contributed by atoms with van der Waals surface area (Å²) in [4.78, 5) is 23.4. The maximum Gasteiger partial charge on any atom is 0.304 e. The summed E-state index contributed by atoms with van der Waals surface area (Å²) in [5.41, 5.74) is 0.128. The second-order valence-corrected chi connectivity index (χ2v) is 10.9. The van der Waals surface area contributed by atoms with Crippen molar-refractivity contribution in [1.82, 2.24) is 0 Å². The van der Waals surface area contributed by atoms with E-state index < -0.39 is 12.6 Å². The molecule has 2 saturated carbocycles. The first-order chi connectivity index (χ1) is 13.5. The summed E-state index contributed by atoms with van der Waals surface area (Å²) in [5, 5.41) is 0. The van der Waals surface area contributed by atoms with E-state index in [2.05, 4.69) is 27.7 Å². The van der Waals surface area contributed by atoms with E-state index in [4.69, 9.17) is 18.9 Å². The fraction of sp³-hybridized carbons (Fsp3) is 0.913. The van der Waals surface area contributed by atoms with Crippen molar-refractivity contribution >= 4 is 11.9 Å². The standard InChI is InChI=1S/C23H36O6/c1-13-23(29-13)17(22(6)11-7-10-21(4,5)12-22)9-8-16-18(23)20(27-15(3)25)28-19(16)26-14(2)24/h13,16-20H,7-12H2,1-6H3. The Hall–Kier alpha value is -1.14. The van der Waals surface area contributed by atoms with Gasteiger partial charge in [-0.2, -0.15) is 0 Å². The molecule has 164 valence electrons. The lowest BCUT2D eigenvalue weighted by Gasteiger charge is -2.53. The third-order valence-corrected chi connectivity index (χ3v) is 8.07. The average Bonchev–Trinajstić information content (AvgIpc) is 3.07. The molecule has 6 nitrogen and oxygen atoms in total. The van der Waals surface area contributed by atoms with Crippen LogP contribution in [0.2, 0.25) is 0 Å². The lowest BCUT2D eigenvalue weighted by Crippen LogP contribution is -2.54. The number of fused-ring (bicyclic) bond motifs is 2. The SMILES string of the molecule is CC(=O)OC1OC(OC(C)=O)C2C1CCC(C1(C)CCCC(C)(C)C1)C21OC1C. The first-order valence-electron chi connectivity index (χ1n) is 11.2. The lowest BCUT2D eigenvalue weighted by molar-refractivity contribution is -0.216. The summed E-state index contributed by atoms with van der Waals surface area (Å²) >= 11 is 0. The minimum Gasteiger partial charge on any atom is -0.435 e. The molecule has 8 unspecified atom stereocenters. The van der Waals surface area contributed by atoms with Crippen LogP contribution in [0.1, 0.15) is 80.1 Å². The van der Waals surface area contributed by atoms with Crippen molar-refractivity contribution in [3.05, 3.63) is 0 Å². The Morgan fingerprint density at radius 2 is 1.59 bits per heavy atom. The molecule has 0 bridgehead atoms. The molecule has 2 aliphatic carbocycles. The third kappa shape index (κ3) is 3.50. The van der Waals surface area contributed by atoms with Gasteiger partial charge in [-0.25, -0.2) is 0 Å². The van der Waals surface area contributed by atoms with Crippen LogP contribution >= 0.6 is 0 Å². The van der Waals surface area contributed by atoms with Gasteiger partial charge >= 0.3 is 11.9 Å². The molecule has 8 atom stereocenters. The summed E-state index contributed by atoms with van der Waals surface area (Å²) < 4.78 is 23.5. The Labute approximate surface area is 174 Å². The van der Waals surface area contributed by atoms with Gasteiger partial charge in [0.2, 0.25) is 12.6 Å². The van der Waals surface area contributed by atoms with Gasteiger partial charge in [0.05, 0.1) is 12.0 Å². The molecule has 2 heterocycles. The Bertz CT molecular complexity index is 689. The van der Waals surface area contributed by atoms with Gasteiger partial charge in [-0.1, -0.05) is 27.2 Å². The van der Waals surface area contributed by atoms with Crippen LogP contribution in [0.5, 0.6) is 0 Å². The van der Waals surface area contributed by atoms with E-state index >= 15 is 0 Å². The molecule has 4 aliphatic rings. The van der Waals surface area contributed by atoms with Crippen molar-refractivity contribution in [2.24, 2.45) is 28.6 Å². The summed E-state index contributed by atoms with van der Waals surface area (Å²) in [6.07, 6.45) is 5.46. The normalized spacial score (nSPS) is 48.1. The quantitative estimate of drug-likeness (QED) is 0.515. The molecule has 4 rings (SSSR count). The Kier molecular flexibility index (Phi) is 5.05. The highest BCUT2D eigenvalue weighted by molar-refractivity contribution is 5.66. The summed E-state index contributed by atoms with van der Waals surface area (Å²) in [6.45, 7) is 12.1. The Morgan fingerprint density at radius 3 is 2.14 bits per heavy atom. The number of rotatable bonds is 3. The maximum absolute atomic E-state index is 11.8. The van der Waals surface area contributed by atoms with Crippen LogP contribution in [-0.2, 0) is 28.5 Å². The molecule has 2 saturated heterocycles. The van der Waals surface area contributed by atoms with Crippen LogP contribution in [0.4, 0.5) is 0 Å². The molecule has 0 aromatic heterocycles. The van der Waals surface area contributed by atoms with Crippen LogP contribution in [-0.4, -0.2) is 36.2 Å². The van der Waals surface area contributed by atoms with Crippen LogP contribution in [0, 0.1) is 28.6 Å². The zero-order chi connectivity index (χ0) is 21.2. The van der Waals surface area contributed by atoms with Gasteiger partial charge in [0.15, 0.2) is 0 Å². The second kappa shape index (κ2) is 6.94. The van der Waals surface area contributed by atoms with Gasteiger partial charge in [-0.3, -0.25) is 9.59 Å². The maximum atomic E-state index is 11.8. The summed E-state index contributed by atoms with van der Waals surface area (Å²) in [5.74, 6) is -0.494. The zero-order valence-electron chi connectivity index (χ0n) is 18.7. The minimum atomic E-state index is -0.727. The number of carbonyl (C=O) groups excluding carboxylic acids is 2. The first-order valence-corrected chi connectivity index (χ1v) is 11.2. The van der Waals surface area contributed by atoms with Crippen molar-refractivity contribution in [2.45, 2.75) is 104 Å². The molecule has 4 fully saturated rings. The van der Waals surface area contributed by atoms with Crippen molar-refractivity contribution in [1.29, 1.82) is 0 Å². The largest absolute Gasteiger partial charge is 0.435 e. The molecule has 0 amide bonds. The van der Waals surface area contributed by atoms with Gasteiger partial charge in [-0.05, 0) is 55.8 Å². The average molecular weight is 409 g/mol. The highest BCUT2D eigenvalue weighted by Crippen LogP contribution is 2.67. The van der Waals surface area contributed by atoms with Crippen LogP contribution in [0.25, 0.3) is 0 Å².